The number of nitrogens with zero attached hydrogens (tertiary/aromatic N) is 1. The number of aryl methyl sites for hydroxylation is 2. The molecule has 0 aliphatic rings. The summed E-state index contributed by atoms with van der Waals surface area (Å²) in [6, 6.07) is 13.3. The van der Waals surface area contributed by atoms with Crippen LogP contribution in [0.4, 0.5) is 0 Å². The van der Waals surface area contributed by atoms with Crippen LogP contribution in [0.25, 0.3) is 0 Å². The molecule has 4 heteroatoms. The van der Waals surface area contributed by atoms with Crippen molar-refractivity contribution in [1.82, 2.24) is 5.43 Å². The van der Waals surface area contributed by atoms with E-state index < -0.39 is 0 Å². The van der Waals surface area contributed by atoms with Crippen molar-refractivity contribution < 1.29 is 4.79 Å². The maximum atomic E-state index is 12.0. The van der Waals surface area contributed by atoms with Gasteiger partial charge in [-0.05, 0) is 42.2 Å². The summed E-state index contributed by atoms with van der Waals surface area (Å²) in [5, 5.41) is 4.38. The van der Waals surface area contributed by atoms with Gasteiger partial charge in [0.1, 0.15) is 0 Å². The predicted octanol–water partition coefficient (Wildman–Crippen LogP) is 3.97. The Balaban J connectivity index is 2.01. The first-order valence-electron chi connectivity index (χ1n) is 6.78. The van der Waals surface area contributed by atoms with Gasteiger partial charge in [0, 0.05) is 0 Å². The predicted molar refractivity (Wildman–Crippen MR) is 87.1 cm³/mol. The van der Waals surface area contributed by atoms with E-state index in [1.807, 2.05) is 37.3 Å². The van der Waals surface area contributed by atoms with Crippen molar-refractivity contribution in [2.45, 2.75) is 20.3 Å². The SMILES string of the molecule is CCc1ccc(/C=N/NC(=O)c2ccc(C)cc2Cl)cc1. The standard InChI is InChI=1S/C17H17ClN2O/c1-3-13-5-7-14(8-6-13)11-19-20-17(21)15-9-4-12(2)10-16(15)18/h4-11H,3H2,1-2H3,(H,20,21)/b19-11+. The van der Waals surface area contributed by atoms with Gasteiger partial charge >= 0.3 is 0 Å². The average molecular weight is 301 g/mol. The molecule has 0 radical (unpaired) electrons. The third-order valence-corrected chi connectivity index (χ3v) is 3.45. The van der Waals surface area contributed by atoms with Gasteiger partial charge < -0.3 is 0 Å². The molecule has 108 valence electrons. The van der Waals surface area contributed by atoms with E-state index in [2.05, 4.69) is 17.5 Å². The van der Waals surface area contributed by atoms with E-state index in [4.69, 9.17) is 11.6 Å². The summed E-state index contributed by atoms with van der Waals surface area (Å²) in [7, 11) is 0. The van der Waals surface area contributed by atoms with Gasteiger partial charge in [-0.15, -0.1) is 0 Å². The van der Waals surface area contributed by atoms with Crippen LogP contribution in [0.1, 0.15) is 34.0 Å². The lowest BCUT2D eigenvalue weighted by Crippen LogP contribution is -2.18. The van der Waals surface area contributed by atoms with Crippen LogP contribution < -0.4 is 5.43 Å². The number of nitrogens with one attached hydrogen (secondary N) is 1. The minimum Gasteiger partial charge on any atom is -0.267 e. The fourth-order valence-electron chi connectivity index (χ4n) is 1.87. The molecule has 0 aliphatic heterocycles. The van der Waals surface area contributed by atoms with Gasteiger partial charge in [-0.1, -0.05) is 48.9 Å². The number of benzene rings is 2. The van der Waals surface area contributed by atoms with Crippen molar-refractivity contribution in [3.05, 3.63) is 69.7 Å². The Morgan fingerprint density at radius 3 is 2.57 bits per heavy atom. The number of hydrogen-bond acceptors (Lipinski definition) is 2. The highest BCUT2D eigenvalue weighted by atomic mass is 35.5. The van der Waals surface area contributed by atoms with E-state index in [1.54, 1.807) is 18.3 Å². The van der Waals surface area contributed by atoms with Crippen LogP contribution in [0.2, 0.25) is 5.02 Å². The van der Waals surface area contributed by atoms with Gasteiger partial charge in [-0.25, -0.2) is 5.43 Å². The highest BCUT2D eigenvalue weighted by Gasteiger charge is 2.08. The molecule has 0 unspecified atom stereocenters. The van der Waals surface area contributed by atoms with Crippen LogP contribution in [0, 0.1) is 6.92 Å². The van der Waals surface area contributed by atoms with Crippen molar-refractivity contribution in [3.63, 3.8) is 0 Å². The summed E-state index contributed by atoms with van der Waals surface area (Å²) in [5.74, 6) is -0.318. The Labute approximate surface area is 129 Å². The lowest BCUT2D eigenvalue weighted by molar-refractivity contribution is 0.0955. The van der Waals surface area contributed by atoms with Crippen LogP contribution in [-0.4, -0.2) is 12.1 Å². The van der Waals surface area contributed by atoms with E-state index >= 15 is 0 Å². The molecule has 0 saturated carbocycles. The molecule has 1 N–H and O–H groups in total. The van der Waals surface area contributed by atoms with Crippen LogP contribution >= 0.6 is 11.6 Å². The monoisotopic (exact) mass is 300 g/mol. The van der Waals surface area contributed by atoms with E-state index in [0.29, 0.717) is 10.6 Å². The van der Waals surface area contributed by atoms with Crippen molar-refractivity contribution >= 4 is 23.7 Å². The Hall–Kier alpha value is -2.13. The summed E-state index contributed by atoms with van der Waals surface area (Å²) in [4.78, 5) is 12.0. The molecule has 0 aromatic heterocycles. The lowest BCUT2D eigenvalue weighted by Gasteiger charge is -2.03. The second kappa shape index (κ2) is 7.04. The molecule has 0 aliphatic carbocycles. The fraction of sp³-hybridized carbons (Fsp3) is 0.176. The van der Waals surface area contributed by atoms with Crippen molar-refractivity contribution in [2.24, 2.45) is 5.10 Å². The minimum absolute atomic E-state index is 0.318. The zero-order valence-electron chi connectivity index (χ0n) is 12.1. The summed E-state index contributed by atoms with van der Waals surface area (Å²) < 4.78 is 0. The van der Waals surface area contributed by atoms with Gasteiger partial charge in [0.05, 0.1) is 16.8 Å². The Kier molecular flexibility index (Phi) is 5.12. The van der Waals surface area contributed by atoms with Crippen molar-refractivity contribution in [1.29, 1.82) is 0 Å². The molecule has 1 amide bonds. The van der Waals surface area contributed by atoms with Gasteiger partial charge in [0.25, 0.3) is 5.91 Å². The average Bonchev–Trinajstić information content (AvgIpc) is 2.47. The van der Waals surface area contributed by atoms with Crippen LogP contribution in [0.5, 0.6) is 0 Å². The zero-order valence-corrected chi connectivity index (χ0v) is 12.8. The van der Waals surface area contributed by atoms with Gasteiger partial charge in [0.15, 0.2) is 0 Å². The highest BCUT2D eigenvalue weighted by molar-refractivity contribution is 6.33. The van der Waals surface area contributed by atoms with Crippen molar-refractivity contribution in [2.75, 3.05) is 0 Å². The molecule has 21 heavy (non-hydrogen) atoms. The van der Waals surface area contributed by atoms with E-state index in [9.17, 15) is 4.79 Å². The maximum absolute atomic E-state index is 12.0. The van der Waals surface area contributed by atoms with E-state index in [1.165, 1.54) is 5.56 Å². The fourth-order valence-corrected chi connectivity index (χ4v) is 2.19. The smallest absolute Gasteiger partial charge is 0.267 e. The number of hydrogen-bond donors (Lipinski definition) is 1. The second-order valence-corrected chi connectivity index (χ2v) is 5.18. The second-order valence-electron chi connectivity index (χ2n) is 4.78. The third-order valence-electron chi connectivity index (χ3n) is 3.14. The van der Waals surface area contributed by atoms with E-state index in [-0.39, 0.29) is 5.91 Å². The van der Waals surface area contributed by atoms with E-state index in [0.717, 1.165) is 17.5 Å². The maximum Gasteiger partial charge on any atom is 0.272 e. The Bertz CT molecular complexity index is 663. The molecular formula is C17H17ClN2O. The molecule has 2 aromatic carbocycles. The first kappa shape index (κ1) is 15.3. The molecule has 3 nitrogen and oxygen atoms in total. The summed E-state index contributed by atoms with van der Waals surface area (Å²) in [5.41, 5.74) is 6.11. The largest absolute Gasteiger partial charge is 0.272 e. The topological polar surface area (TPSA) is 41.5 Å². The lowest BCUT2D eigenvalue weighted by atomic mass is 10.1. The normalized spacial score (nSPS) is 10.8. The molecule has 0 bridgehead atoms. The minimum atomic E-state index is -0.318. The number of halogens is 1. The first-order valence-corrected chi connectivity index (χ1v) is 7.16. The summed E-state index contributed by atoms with van der Waals surface area (Å²) >= 11 is 6.04. The number of carbonyl (C=O) groups is 1. The number of rotatable bonds is 4. The Morgan fingerprint density at radius 1 is 1.24 bits per heavy atom. The number of carbonyl (C=O) groups excluding carboxylic acids is 1. The quantitative estimate of drug-likeness (QED) is 0.673. The molecule has 0 saturated heterocycles. The van der Waals surface area contributed by atoms with Gasteiger partial charge in [0.2, 0.25) is 0 Å². The molecule has 0 atom stereocenters. The van der Waals surface area contributed by atoms with Crippen LogP contribution in [0.3, 0.4) is 0 Å². The van der Waals surface area contributed by atoms with Gasteiger partial charge in [-0.2, -0.15) is 5.10 Å². The van der Waals surface area contributed by atoms with Crippen molar-refractivity contribution in [3.8, 4) is 0 Å². The summed E-state index contributed by atoms with van der Waals surface area (Å²) in [6.45, 7) is 4.03. The van der Waals surface area contributed by atoms with Crippen LogP contribution in [0.15, 0.2) is 47.6 Å². The zero-order chi connectivity index (χ0) is 15.2. The third kappa shape index (κ3) is 4.17. The van der Waals surface area contributed by atoms with Gasteiger partial charge in [-0.3, -0.25) is 4.79 Å². The van der Waals surface area contributed by atoms with Crippen LogP contribution in [-0.2, 0) is 6.42 Å². The molecule has 2 rings (SSSR count). The first-order chi connectivity index (χ1) is 10.1. The number of amides is 1. The molecule has 2 aromatic rings. The molecular weight excluding hydrogens is 284 g/mol. The molecule has 0 fully saturated rings. The number of hydrazone groups is 1. The molecule has 0 spiro atoms. The highest BCUT2D eigenvalue weighted by Crippen LogP contribution is 2.17. The Morgan fingerprint density at radius 2 is 1.95 bits per heavy atom. The summed E-state index contributed by atoms with van der Waals surface area (Å²) in [6.07, 6.45) is 2.61. The molecule has 0 heterocycles.